The Morgan fingerprint density at radius 2 is 1.95 bits per heavy atom. The highest BCUT2D eigenvalue weighted by atomic mass is 16.5. The molecule has 2 aromatic carbocycles. The van der Waals surface area contributed by atoms with E-state index in [1.165, 1.54) is 6.33 Å². The molecule has 0 bridgehead atoms. The molecule has 5 aromatic rings. The molecule has 1 amide bonds. The number of hydrogen-bond donors (Lipinski definition) is 1. The number of hydrogen-bond acceptors (Lipinski definition) is 7. The van der Waals surface area contributed by atoms with E-state index in [1.807, 2.05) is 86.1 Å². The lowest BCUT2D eigenvalue weighted by atomic mass is 10.2. The third-order valence-corrected chi connectivity index (χ3v) is 6.22. The van der Waals surface area contributed by atoms with Gasteiger partial charge in [-0.1, -0.05) is 12.2 Å². The van der Waals surface area contributed by atoms with Crippen LogP contribution in [-0.2, 0) is 11.8 Å². The first-order chi connectivity index (χ1) is 18.9. The highest BCUT2D eigenvalue weighted by Gasteiger charge is 2.10. The van der Waals surface area contributed by atoms with Crippen LogP contribution in [0.25, 0.3) is 28.1 Å². The average Bonchev–Trinajstić information content (AvgIpc) is 3.30. The van der Waals surface area contributed by atoms with E-state index >= 15 is 0 Å². The van der Waals surface area contributed by atoms with Crippen LogP contribution < -0.4 is 10.1 Å². The summed E-state index contributed by atoms with van der Waals surface area (Å²) in [4.78, 5) is 31.5. The van der Waals surface area contributed by atoms with Crippen molar-refractivity contribution in [2.75, 3.05) is 18.9 Å². The smallest absolute Gasteiger partial charge is 0.246 e. The molecule has 3 heterocycles. The topological polar surface area (TPSA) is 98.1 Å². The van der Waals surface area contributed by atoms with Crippen molar-refractivity contribution in [3.05, 3.63) is 90.7 Å². The van der Waals surface area contributed by atoms with E-state index in [-0.39, 0.29) is 5.91 Å². The minimum absolute atomic E-state index is 0.0468. The number of amides is 1. The van der Waals surface area contributed by atoms with Crippen LogP contribution in [0.1, 0.15) is 18.2 Å². The van der Waals surface area contributed by atoms with Gasteiger partial charge in [0.15, 0.2) is 5.82 Å². The summed E-state index contributed by atoms with van der Waals surface area (Å²) in [6, 6.07) is 15.5. The second kappa shape index (κ2) is 11.1. The van der Waals surface area contributed by atoms with Gasteiger partial charge in [-0.2, -0.15) is 0 Å². The van der Waals surface area contributed by atoms with Crippen LogP contribution >= 0.6 is 0 Å². The van der Waals surface area contributed by atoms with E-state index in [0.717, 1.165) is 45.0 Å². The fourth-order valence-electron chi connectivity index (χ4n) is 4.12. The van der Waals surface area contributed by atoms with Crippen LogP contribution in [0.5, 0.6) is 11.5 Å². The summed E-state index contributed by atoms with van der Waals surface area (Å²) >= 11 is 0. The summed E-state index contributed by atoms with van der Waals surface area (Å²) < 4.78 is 8.12. The van der Waals surface area contributed by atoms with Gasteiger partial charge < -0.3 is 19.5 Å². The lowest BCUT2D eigenvalue weighted by molar-refractivity contribution is -0.124. The summed E-state index contributed by atoms with van der Waals surface area (Å²) in [5.41, 5.74) is 5.88. The molecule has 196 valence electrons. The number of ether oxygens (including phenoxy) is 1. The van der Waals surface area contributed by atoms with Gasteiger partial charge in [0.25, 0.3) is 0 Å². The van der Waals surface area contributed by atoms with Gasteiger partial charge in [-0.05, 0) is 74.0 Å². The van der Waals surface area contributed by atoms with E-state index in [9.17, 15) is 4.79 Å². The summed E-state index contributed by atoms with van der Waals surface area (Å²) in [5, 5.41) is 3.37. The van der Waals surface area contributed by atoms with Gasteiger partial charge in [0.1, 0.15) is 23.3 Å². The zero-order valence-electron chi connectivity index (χ0n) is 22.3. The number of nitrogens with zero attached hydrogens (tertiary/aromatic N) is 6. The number of allylic oxidation sites excluding steroid dienone is 1. The largest absolute Gasteiger partial charge is 0.457 e. The normalized spacial score (nSPS) is 11.6. The molecule has 0 fully saturated rings. The molecule has 0 saturated carbocycles. The molecule has 5 rings (SSSR count). The summed E-state index contributed by atoms with van der Waals surface area (Å²) in [6.07, 6.45) is 10.4. The van der Waals surface area contributed by atoms with E-state index in [2.05, 4.69) is 20.3 Å². The van der Waals surface area contributed by atoms with Crippen molar-refractivity contribution in [2.45, 2.75) is 13.8 Å². The fourth-order valence-corrected chi connectivity index (χ4v) is 4.12. The van der Waals surface area contributed by atoms with Crippen LogP contribution in [0.3, 0.4) is 0 Å². The molecule has 0 aliphatic carbocycles. The van der Waals surface area contributed by atoms with Gasteiger partial charge in [-0.15, -0.1) is 0 Å². The molecule has 9 heteroatoms. The van der Waals surface area contributed by atoms with Gasteiger partial charge in [-0.3, -0.25) is 4.79 Å². The predicted octanol–water partition coefficient (Wildman–Crippen LogP) is 5.80. The highest BCUT2D eigenvalue weighted by molar-refractivity contribution is 5.88. The maximum atomic E-state index is 11.9. The molecule has 9 nitrogen and oxygen atoms in total. The number of fused-ring (bicyclic) bond motifs is 2. The Bertz CT molecular complexity index is 1720. The summed E-state index contributed by atoms with van der Waals surface area (Å²) in [5.74, 6) is 2.04. The lowest BCUT2D eigenvalue weighted by Gasteiger charge is -2.13. The molecule has 0 atom stereocenters. The van der Waals surface area contributed by atoms with E-state index in [1.54, 1.807) is 30.4 Å². The second-order valence-electron chi connectivity index (χ2n) is 9.16. The van der Waals surface area contributed by atoms with E-state index in [4.69, 9.17) is 9.72 Å². The Labute approximate surface area is 226 Å². The number of benzene rings is 2. The minimum atomic E-state index is -0.0468. The van der Waals surface area contributed by atoms with Crippen LogP contribution in [0.4, 0.5) is 11.5 Å². The predicted molar refractivity (Wildman–Crippen MR) is 154 cm³/mol. The first-order valence-corrected chi connectivity index (χ1v) is 12.5. The molecule has 0 radical (unpaired) electrons. The van der Waals surface area contributed by atoms with Gasteiger partial charge in [0, 0.05) is 32.4 Å². The number of pyridine rings is 1. The monoisotopic (exact) mass is 519 g/mol. The van der Waals surface area contributed by atoms with Crippen molar-refractivity contribution >= 4 is 45.6 Å². The van der Waals surface area contributed by atoms with Gasteiger partial charge >= 0.3 is 0 Å². The van der Waals surface area contributed by atoms with Gasteiger partial charge in [-0.25, -0.2) is 19.9 Å². The number of likely N-dealkylation sites (N-methyl/N-ethyl adjacent to an activating group) is 1. The molecule has 3 aromatic heterocycles. The minimum Gasteiger partial charge on any atom is -0.457 e. The number of nitrogens with one attached hydrogen (secondary N) is 1. The van der Waals surface area contributed by atoms with E-state index < -0.39 is 0 Å². The molecular weight excluding hydrogens is 490 g/mol. The number of rotatable bonds is 8. The highest BCUT2D eigenvalue weighted by Crippen LogP contribution is 2.30. The molecule has 39 heavy (non-hydrogen) atoms. The Hall–Kier alpha value is -5.05. The van der Waals surface area contributed by atoms with E-state index in [0.29, 0.717) is 17.9 Å². The van der Waals surface area contributed by atoms with Crippen LogP contribution in [0.15, 0.2) is 79.4 Å². The number of aryl methyl sites for hydroxylation is 2. The van der Waals surface area contributed by atoms with Gasteiger partial charge in [0.2, 0.25) is 5.91 Å². The molecule has 1 N–H and O–H groups in total. The maximum Gasteiger partial charge on any atom is 0.246 e. The number of anilines is 2. The zero-order valence-corrected chi connectivity index (χ0v) is 22.3. The van der Waals surface area contributed by atoms with Crippen LogP contribution in [0, 0.1) is 6.92 Å². The average molecular weight is 520 g/mol. The molecule has 0 spiro atoms. The zero-order chi connectivity index (χ0) is 27.4. The number of imidazole rings is 1. The first kappa shape index (κ1) is 25.6. The number of carbonyl (C=O) groups is 1. The third kappa shape index (κ3) is 5.77. The SMILES string of the molecule is C/C=C/C(=O)N(C)C/C=C/c1ccc2ncnc(Nc3ccc(Oc4ccc5c(c4)ncn5C)c(C)c3)c2n1. The second-order valence-corrected chi connectivity index (χ2v) is 9.16. The van der Waals surface area contributed by atoms with Crippen LogP contribution in [-0.4, -0.2) is 48.9 Å². The van der Waals surface area contributed by atoms with Gasteiger partial charge in [0.05, 0.1) is 28.6 Å². The lowest BCUT2D eigenvalue weighted by Crippen LogP contribution is -2.24. The van der Waals surface area contributed by atoms with Crippen molar-refractivity contribution in [2.24, 2.45) is 7.05 Å². The number of carbonyl (C=O) groups excluding carboxylic acids is 1. The maximum absolute atomic E-state index is 11.9. The quantitative estimate of drug-likeness (QED) is 0.259. The Morgan fingerprint density at radius 1 is 1.08 bits per heavy atom. The Morgan fingerprint density at radius 3 is 2.77 bits per heavy atom. The molecular formula is C30H29N7O2. The standard InChI is InChI=1S/C30H29N7O2/c1-5-7-28(38)36(3)15-6-8-21-9-12-24-29(34-21)30(32-18-31-24)35-22-10-14-27(20(2)16-22)39-23-11-13-26-25(17-23)33-19-37(26)4/h5-14,16-19H,15H2,1-4H3,(H,31,32,35)/b7-5+,8-6+. The van der Waals surface area contributed by atoms with Crippen molar-refractivity contribution in [1.29, 1.82) is 0 Å². The first-order valence-electron chi connectivity index (χ1n) is 12.5. The Kier molecular flexibility index (Phi) is 7.31. The number of aromatic nitrogens is 5. The Balaban J connectivity index is 1.32. The van der Waals surface area contributed by atoms with Crippen LogP contribution in [0.2, 0.25) is 0 Å². The van der Waals surface area contributed by atoms with Crippen molar-refractivity contribution in [1.82, 2.24) is 29.4 Å². The fraction of sp³-hybridized carbons (Fsp3) is 0.167. The molecule has 0 aliphatic rings. The summed E-state index contributed by atoms with van der Waals surface area (Å²) in [7, 11) is 3.73. The van der Waals surface area contributed by atoms with Crippen molar-refractivity contribution in [3.8, 4) is 11.5 Å². The summed E-state index contributed by atoms with van der Waals surface area (Å²) in [6.45, 7) is 4.29. The molecule has 0 unspecified atom stereocenters. The third-order valence-electron chi connectivity index (χ3n) is 6.22. The molecule has 0 aliphatic heterocycles. The van der Waals surface area contributed by atoms with Crippen molar-refractivity contribution in [3.63, 3.8) is 0 Å². The van der Waals surface area contributed by atoms with Crippen molar-refractivity contribution < 1.29 is 9.53 Å². The molecule has 0 saturated heterocycles.